The highest BCUT2D eigenvalue weighted by molar-refractivity contribution is 7.91. The Bertz CT molecular complexity index is 1060. The molecule has 0 radical (unpaired) electrons. The normalized spacial score (nSPS) is 12.0. The first-order valence-corrected chi connectivity index (χ1v) is 10.1. The molecule has 0 saturated heterocycles. The summed E-state index contributed by atoms with van der Waals surface area (Å²) in [5.74, 6) is 0.735. The third-order valence-electron chi connectivity index (χ3n) is 4.20. The molecular weight excluding hydrogens is 389 g/mol. The summed E-state index contributed by atoms with van der Waals surface area (Å²) < 4.78 is 67.7. The second kappa shape index (κ2) is 7.67. The minimum atomic E-state index is -4.41. The van der Waals surface area contributed by atoms with Crippen LogP contribution in [0.2, 0.25) is 0 Å². The van der Waals surface area contributed by atoms with Crippen molar-refractivity contribution in [2.45, 2.75) is 18.0 Å². The summed E-state index contributed by atoms with van der Waals surface area (Å²) in [5.41, 5.74) is 0.682. The summed E-state index contributed by atoms with van der Waals surface area (Å²) in [5, 5.41) is 0. The van der Waals surface area contributed by atoms with Gasteiger partial charge in [0.2, 0.25) is 0 Å². The van der Waals surface area contributed by atoms with Crippen molar-refractivity contribution >= 4 is 9.84 Å². The summed E-state index contributed by atoms with van der Waals surface area (Å²) >= 11 is 0. The Hall–Kier alpha value is -2.80. The Balaban J connectivity index is 1.90. The van der Waals surface area contributed by atoms with Crippen molar-refractivity contribution < 1.29 is 26.3 Å². The number of hydrogen-bond acceptors (Lipinski definition) is 3. The molecule has 3 aromatic rings. The van der Waals surface area contributed by atoms with Gasteiger partial charge in [0.15, 0.2) is 9.84 Å². The monoisotopic (exact) mass is 406 g/mol. The van der Waals surface area contributed by atoms with Gasteiger partial charge in [-0.25, -0.2) is 8.42 Å². The standard InChI is InChI=1S/C21H17F3O3S/c1-2-28(25,26)18-13-7-15(8-14-18)19-5-3-4-6-20(19)27-17-11-9-16(10-12-17)21(22,23)24/h3-14H,2H2,1H3. The maximum atomic E-state index is 12.7. The van der Waals surface area contributed by atoms with Gasteiger partial charge >= 0.3 is 6.18 Å². The van der Waals surface area contributed by atoms with Crippen molar-refractivity contribution in [1.29, 1.82) is 0 Å². The molecule has 28 heavy (non-hydrogen) atoms. The van der Waals surface area contributed by atoms with Crippen LogP contribution in [0.5, 0.6) is 11.5 Å². The van der Waals surface area contributed by atoms with Crippen LogP contribution in [0, 0.1) is 0 Å². The molecule has 0 spiro atoms. The van der Waals surface area contributed by atoms with E-state index in [0.29, 0.717) is 11.3 Å². The maximum Gasteiger partial charge on any atom is 0.416 e. The van der Waals surface area contributed by atoms with E-state index in [1.807, 2.05) is 0 Å². The predicted molar refractivity (Wildman–Crippen MR) is 101 cm³/mol. The lowest BCUT2D eigenvalue weighted by molar-refractivity contribution is -0.137. The lowest BCUT2D eigenvalue weighted by Crippen LogP contribution is -2.04. The van der Waals surface area contributed by atoms with E-state index in [1.165, 1.54) is 24.3 Å². The largest absolute Gasteiger partial charge is 0.457 e. The Labute approximate surface area is 161 Å². The topological polar surface area (TPSA) is 43.4 Å². The lowest BCUT2D eigenvalue weighted by atomic mass is 10.0. The first-order valence-electron chi connectivity index (χ1n) is 8.48. The highest BCUT2D eigenvalue weighted by Gasteiger charge is 2.30. The Kier molecular flexibility index (Phi) is 5.47. The Morgan fingerprint density at radius 2 is 1.46 bits per heavy atom. The summed E-state index contributed by atoms with van der Waals surface area (Å²) in [4.78, 5) is 0.236. The van der Waals surface area contributed by atoms with Gasteiger partial charge in [-0.1, -0.05) is 37.3 Å². The van der Waals surface area contributed by atoms with E-state index in [1.54, 1.807) is 43.3 Å². The molecule has 0 heterocycles. The van der Waals surface area contributed by atoms with E-state index in [2.05, 4.69) is 0 Å². The van der Waals surface area contributed by atoms with Gasteiger partial charge in [0.05, 0.1) is 16.2 Å². The fraction of sp³-hybridized carbons (Fsp3) is 0.143. The molecule has 0 aliphatic heterocycles. The van der Waals surface area contributed by atoms with Gasteiger partial charge in [0.25, 0.3) is 0 Å². The van der Waals surface area contributed by atoms with E-state index in [4.69, 9.17) is 4.74 Å². The smallest absolute Gasteiger partial charge is 0.416 e. The van der Waals surface area contributed by atoms with Crippen molar-refractivity contribution in [3.63, 3.8) is 0 Å². The summed E-state index contributed by atoms with van der Waals surface area (Å²) in [6, 6.07) is 17.9. The van der Waals surface area contributed by atoms with Crippen LogP contribution in [0.3, 0.4) is 0 Å². The van der Waals surface area contributed by atoms with E-state index >= 15 is 0 Å². The van der Waals surface area contributed by atoms with Crippen LogP contribution in [0.4, 0.5) is 13.2 Å². The number of sulfone groups is 1. The Morgan fingerprint density at radius 1 is 0.857 bits per heavy atom. The minimum absolute atomic E-state index is 0.0139. The highest BCUT2D eigenvalue weighted by atomic mass is 32.2. The Morgan fingerprint density at radius 3 is 2.04 bits per heavy atom. The average molecular weight is 406 g/mol. The number of halogens is 3. The first-order chi connectivity index (χ1) is 13.2. The predicted octanol–water partition coefficient (Wildman–Crippen LogP) is 5.96. The van der Waals surface area contributed by atoms with Crippen LogP contribution in [0.15, 0.2) is 77.7 Å². The molecule has 146 valence electrons. The second-order valence-electron chi connectivity index (χ2n) is 6.05. The van der Waals surface area contributed by atoms with Crippen LogP contribution >= 0.6 is 0 Å². The van der Waals surface area contributed by atoms with E-state index < -0.39 is 21.6 Å². The maximum absolute atomic E-state index is 12.7. The third kappa shape index (κ3) is 4.36. The fourth-order valence-corrected chi connectivity index (χ4v) is 3.53. The zero-order chi connectivity index (χ0) is 20.4. The van der Waals surface area contributed by atoms with Crippen molar-refractivity contribution in [2.24, 2.45) is 0 Å². The van der Waals surface area contributed by atoms with Crippen LogP contribution in [0.25, 0.3) is 11.1 Å². The van der Waals surface area contributed by atoms with Gasteiger partial charge in [-0.05, 0) is 48.0 Å². The molecule has 3 rings (SSSR count). The van der Waals surface area contributed by atoms with Gasteiger partial charge in [-0.2, -0.15) is 13.2 Å². The van der Waals surface area contributed by atoms with E-state index in [0.717, 1.165) is 17.7 Å². The highest BCUT2D eigenvalue weighted by Crippen LogP contribution is 2.35. The zero-order valence-electron chi connectivity index (χ0n) is 14.9. The first kappa shape index (κ1) is 19.9. The average Bonchev–Trinajstić information content (AvgIpc) is 2.68. The number of hydrogen-bond donors (Lipinski definition) is 0. The van der Waals surface area contributed by atoms with Gasteiger partial charge in [-0.3, -0.25) is 0 Å². The van der Waals surface area contributed by atoms with E-state index in [9.17, 15) is 21.6 Å². The van der Waals surface area contributed by atoms with Crippen molar-refractivity contribution in [1.82, 2.24) is 0 Å². The number of ether oxygens (including phenoxy) is 1. The molecule has 0 aliphatic carbocycles. The van der Waals surface area contributed by atoms with Gasteiger partial charge < -0.3 is 4.74 Å². The number of benzene rings is 3. The van der Waals surface area contributed by atoms with Crippen LogP contribution < -0.4 is 4.74 Å². The third-order valence-corrected chi connectivity index (χ3v) is 5.95. The van der Waals surface area contributed by atoms with Crippen molar-refractivity contribution in [3.05, 3.63) is 78.4 Å². The second-order valence-corrected chi connectivity index (χ2v) is 8.33. The van der Waals surface area contributed by atoms with Crippen LogP contribution in [-0.4, -0.2) is 14.2 Å². The van der Waals surface area contributed by atoms with E-state index in [-0.39, 0.29) is 16.4 Å². The summed E-state index contributed by atoms with van der Waals surface area (Å²) in [6.45, 7) is 1.58. The fourth-order valence-electron chi connectivity index (χ4n) is 2.64. The molecule has 0 amide bonds. The molecule has 3 aromatic carbocycles. The molecule has 0 atom stereocenters. The molecule has 0 N–H and O–H groups in total. The summed E-state index contributed by atoms with van der Waals surface area (Å²) in [6.07, 6.45) is -4.41. The number of alkyl halides is 3. The molecule has 0 bridgehead atoms. The molecule has 7 heteroatoms. The van der Waals surface area contributed by atoms with Crippen LogP contribution in [-0.2, 0) is 16.0 Å². The molecule has 0 aromatic heterocycles. The molecular formula is C21H17F3O3S. The van der Waals surface area contributed by atoms with Gasteiger partial charge in [0.1, 0.15) is 11.5 Å². The quantitative estimate of drug-likeness (QED) is 0.525. The van der Waals surface area contributed by atoms with Gasteiger partial charge in [0, 0.05) is 5.56 Å². The van der Waals surface area contributed by atoms with Crippen LogP contribution in [0.1, 0.15) is 12.5 Å². The number of para-hydroxylation sites is 1. The SMILES string of the molecule is CCS(=O)(=O)c1ccc(-c2ccccc2Oc2ccc(C(F)(F)F)cc2)cc1. The molecule has 0 fully saturated rings. The van der Waals surface area contributed by atoms with Crippen molar-refractivity contribution in [3.8, 4) is 22.6 Å². The zero-order valence-corrected chi connectivity index (χ0v) is 15.7. The molecule has 0 unspecified atom stereocenters. The molecule has 0 aliphatic rings. The molecule has 3 nitrogen and oxygen atoms in total. The van der Waals surface area contributed by atoms with Gasteiger partial charge in [-0.15, -0.1) is 0 Å². The van der Waals surface area contributed by atoms with Crippen molar-refractivity contribution in [2.75, 3.05) is 5.75 Å². The lowest BCUT2D eigenvalue weighted by Gasteiger charge is -2.13. The minimum Gasteiger partial charge on any atom is -0.457 e. The summed E-state index contributed by atoms with van der Waals surface area (Å²) in [7, 11) is -3.30. The molecule has 0 saturated carbocycles. The number of rotatable bonds is 5.